The summed E-state index contributed by atoms with van der Waals surface area (Å²) in [6.07, 6.45) is 11.7. The molecule has 1 heteroatoms. The number of rotatable bonds is 4. The fourth-order valence-electron chi connectivity index (χ4n) is 2.47. The standard InChI is InChI=1S/C14H25N/c1-5-6-8-12-9-7-10-13(12)11-15-14(2,3)4/h1,12-13,15H,6-11H2,2-4H3. The monoisotopic (exact) mass is 207 g/mol. The second-order valence-corrected chi connectivity index (χ2v) is 5.82. The third kappa shape index (κ3) is 4.71. The molecule has 1 fully saturated rings. The molecular formula is C14H25N. The molecule has 0 spiro atoms. The molecule has 0 amide bonds. The first-order valence-corrected chi connectivity index (χ1v) is 6.21. The molecule has 2 unspecified atom stereocenters. The zero-order valence-corrected chi connectivity index (χ0v) is 10.5. The van der Waals surface area contributed by atoms with Crippen LogP contribution in [0.1, 0.15) is 52.9 Å². The molecule has 0 aromatic rings. The zero-order chi connectivity index (χ0) is 11.3. The van der Waals surface area contributed by atoms with E-state index in [1.54, 1.807) is 0 Å². The van der Waals surface area contributed by atoms with Crippen molar-refractivity contribution in [2.24, 2.45) is 11.8 Å². The summed E-state index contributed by atoms with van der Waals surface area (Å²) < 4.78 is 0. The smallest absolute Gasteiger partial charge is 0.00966 e. The van der Waals surface area contributed by atoms with E-state index in [9.17, 15) is 0 Å². The van der Waals surface area contributed by atoms with Crippen LogP contribution in [0.25, 0.3) is 0 Å². The number of terminal acetylenes is 1. The molecule has 0 bridgehead atoms. The number of hydrogen-bond donors (Lipinski definition) is 1. The Morgan fingerprint density at radius 3 is 2.53 bits per heavy atom. The Bertz CT molecular complexity index is 218. The fraction of sp³-hybridized carbons (Fsp3) is 0.857. The lowest BCUT2D eigenvalue weighted by Crippen LogP contribution is -2.39. The van der Waals surface area contributed by atoms with Crippen LogP contribution in [0.3, 0.4) is 0 Å². The van der Waals surface area contributed by atoms with E-state index in [-0.39, 0.29) is 5.54 Å². The van der Waals surface area contributed by atoms with Gasteiger partial charge in [-0.15, -0.1) is 12.3 Å². The Balaban J connectivity index is 2.30. The second-order valence-electron chi connectivity index (χ2n) is 5.82. The van der Waals surface area contributed by atoms with Crippen molar-refractivity contribution < 1.29 is 0 Å². The van der Waals surface area contributed by atoms with Crippen LogP contribution in [0.4, 0.5) is 0 Å². The lowest BCUT2D eigenvalue weighted by Gasteiger charge is -2.26. The molecule has 1 N–H and O–H groups in total. The Kier molecular flexibility index (Phi) is 4.67. The highest BCUT2D eigenvalue weighted by molar-refractivity contribution is 4.88. The molecule has 1 saturated carbocycles. The minimum atomic E-state index is 0.249. The van der Waals surface area contributed by atoms with Gasteiger partial charge in [0.2, 0.25) is 0 Å². The summed E-state index contributed by atoms with van der Waals surface area (Å²) in [6.45, 7) is 7.87. The lowest BCUT2D eigenvalue weighted by atomic mass is 9.91. The Morgan fingerprint density at radius 2 is 1.93 bits per heavy atom. The van der Waals surface area contributed by atoms with Gasteiger partial charge < -0.3 is 5.32 Å². The van der Waals surface area contributed by atoms with Crippen molar-refractivity contribution in [1.29, 1.82) is 0 Å². The first-order chi connectivity index (χ1) is 7.03. The van der Waals surface area contributed by atoms with Crippen molar-refractivity contribution >= 4 is 0 Å². The largest absolute Gasteiger partial charge is 0.312 e. The third-order valence-electron chi connectivity index (χ3n) is 3.37. The molecular weight excluding hydrogens is 182 g/mol. The van der Waals surface area contributed by atoms with E-state index in [1.807, 2.05) is 0 Å². The van der Waals surface area contributed by atoms with E-state index in [0.29, 0.717) is 0 Å². The SMILES string of the molecule is C#CCCC1CCCC1CNC(C)(C)C. The van der Waals surface area contributed by atoms with Crippen LogP contribution in [-0.2, 0) is 0 Å². The summed E-state index contributed by atoms with van der Waals surface area (Å²) in [5.74, 6) is 4.50. The minimum absolute atomic E-state index is 0.249. The molecule has 1 aliphatic carbocycles. The number of nitrogens with one attached hydrogen (secondary N) is 1. The zero-order valence-electron chi connectivity index (χ0n) is 10.5. The van der Waals surface area contributed by atoms with Crippen molar-refractivity contribution in [2.45, 2.75) is 58.4 Å². The van der Waals surface area contributed by atoms with Gasteiger partial charge in [-0.1, -0.05) is 12.8 Å². The van der Waals surface area contributed by atoms with E-state index in [2.05, 4.69) is 32.0 Å². The molecule has 1 aliphatic rings. The highest BCUT2D eigenvalue weighted by Crippen LogP contribution is 2.34. The normalized spacial score (nSPS) is 26.5. The highest BCUT2D eigenvalue weighted by Gasteiger charge is 2.27. The first-order valence-electron chi connectivity index (χ1n) is 6.21. The maximum atomic E-state index is 5.33. The molecule has 0 radical (unpaired) electrons. The molecule has 0 aliphatic heterocycles. The van der Waals surface area contributed by atoms with Crippen molar-refractivity contribution in [1.82, 2.24) is 5.32 Å². The van der Waals surface area contributed by atoms with Gasteiger partial charge >= 0.3 is 0 Å². The van der Waals surface area contributed by atoms with E-state index < -0.39 is 0 Å². The molecule has 2 atom stereocenters. The topological polar surface area (TPSA) is 12.0 Å². The van der Waals surface area contributed by atoms with Gasteiger partial charge in [-0.3, -0.25) is 0 Å². The van der Waals surface area contributed by atoms with Gasteiger partial charge in [0.25, 0.3) is 0 Å². The van der Waals surface area contributed by atoms with Gasteiger partial charge in [0.15, 0.2) is 0 Å². The van der Waals surface area contributed by atoms with Crippen LogP contribution >= 0.6 is 0 Å². The Hall–Kier alpha value is -0.480. The maximum Gasteiger partial charge on any atom is 0.00966 e. The van der Waals surface area contributed by atoms with Gasteiger partial charge in [-0.05, 0) is 52.0 Å². The van der Waals surface area contributed by atoms with Gasteiger partial charge in [0.1, 0.15) is 0 Å². The average molecular weight is 207 g/mol. The van der Waals surface area contributed by atoms with E-state index in [4.69, 9.17) is 6.42 Å². The third-order valence-corrected chi connectivity index (χ3v) is 3.37. The van der Waals surface area contributed by atoms with Crippen LogP contribution in [0.5, 0.6) is 0 Å². The maximum absolute atomic E-state index is 5.33. The number of hydrogen-bond acceptors (Lipinski definition) is 1. The predicted octanol–water partition coefficient (Wildman–Crippen LogP) is 3.20. The highest BCUT2D eigenvalue weighted by atomic mass is 14.9. The quantitative estimate of drug-likeness (QED) is 0.698. The van der Waals surface area contributed by atoms with E-state index in [0.717, 1.165) is 18.3 Å². The Labute approximate surface area is 95.0 Å². The van der Waals surface area contributed by atoms with Gasteiger partial charge in [0, 0.05) is 12.0 Å². The van der Waals surface area contributed by atoms with Crippen LogP contribution in [-0.4, -0.2) is 12.1 Å². The summed E-state index contributed by atoms with van der Waals surface area (Å²) in [5.41, 5.74) is 0.249. The predicted molar refractivity (Wildman–Crippen MR) is 66.7 cm³/mol. The van der Waals surface area contributed by atoms with Crippen LogP contribution in [0.15, 0.2) is 0 Å². The van der Waals surface area contributed by atoms with Crippen molar-refractivity contribution in [2.75, 3.05) is 6.54 Å². The van der Waals surface area contributed by atoms with Crippen molar-refractivity contribution in [3.63, 3.8) is 0 Å². The Morgan fingerprint density at radius 1 is 1.27 bits per heavy atom. The first kappa shape index (κ1) is 12.6. The average Bonchev–Trinajstić information content (AvgIpc) is 2.57. The summed E-state index contributed by atoms with van der Waals surface area (Å²) in [4.78, 5) is 0. The molecule has 1 nitrogen and oxygen atoms in total. The summed E-state index contributed by atoms with van der Waals surface area (Å²) in [7, 11) is 0. The molecule has 86 valence electrons. The van der Waals surface area contributed by atoms with Gasteiger partial charge in [-0.25, -0.2) is 0 Å². The van der Waals surface area contributed by atoms with Crippen LogP contribution < -0.4 is 5.32 Å². The van der Waals surface area contributed by atoms with Gasteiger partial charge in [0.05, 0.1) is 0 Å². The summed E-state index contributed by atoms with van der Waals surface area (Å²) in [6, 6.07) is 0. The van der Waals surface area contributed by atoms with E-state index in [1.165, 1.54) is 32.2 Å². The molecule has 1 rings (SSSR count). The van der Waals surface area contributed by atoms with Crippen molar-refractivity contribution in [3.05, 3.63) is 0 Å². The molecule has 0 aromatic carbocycles. The van der Waals surface area contributed by atoms with Crippen molar-refractivity contribution in [3.8, 4) is 12.3 Å². The van der Waals surface area contributed by atoms with Crippen LogP contribution in [0, 0.1) is 24.2 Å². The molecule has 0 heterocycles. The van der Waals surface area contributed by atoms with E-state index >= 15 is 0 Å². The summed E-state index contributed by atoms with van der Waals surface area (Å²) in [5, 5.41) is 3.62. The molecule has 0 saturated heterocycles. The molecule has 0 aromatic heterocycles. The fourth-order valence-corrected chi connectivity index (χ4v) is 2.47. The van der Waals surface area contributed by atoms with Gasteiger partial charge in [-0.2, -0.15) is 0 Å². The lowest BCUT2D eigenvalue weighted by molar-refractivity contribution is 0.309. The minimum Gasteiger partial charge on any atom is -0.312 e. The summed E-state index contributed by atoms with van der Waals surface area (Å²) >= 11 is 0. The van der Waals surface area contributed by atoms with Crippen LogP contribution in [0.2, 0.25) is 0 Å². The second kappa shape index (κ2) is 5.56. The molecule has 15 heavy (non-hydrogen) atoms.